The number of rotatable bonds is 3. The van der Waals surface area contributed by atoms with Crippen LogP contribution in [0.3, 0.4) is 0 Å². The van der Waals surface area contributed by atoms with Crippen LogP contribution in [0.5, 0.6) is 0 Å². The largest absolute Gasteiger partial charge is 0.329 e. The van der Waals surface area contributed by atoms with Gasteiger partial charge in [-0.15, -0.1) is 0 Å². The monoisotopic (exact) mass is 233 g/mol. The van der Waals surface area contributed by atoms with Crippen LogP contribution in [0.4, 0.5) is 5.69 Å². The van der Waals surface area contributed by atoms with Crippen molar-refractivity contribution in [2.75, 3.05) is 37.6 Å². The average molecular weight is 233 g/mol. The summed E-state index contributed by atoms with van der Waals surface area (Å²) in [4.78, 5) is 16.0. The van der Waals surface area contributed by atoms with E-state index in [0.717, 1.165) is 25.3 Å². The highest BCUT2D eigenvalue weighted by atomic mass is 16.2. The standard InChI is InChI=1S/C13H19N3O/c1-11-3-2-4-12(9-11)16-8-7-15(6-5-14)10-13(16)17/h2-4,9H,5-8,10,14H2,1H3. The number of hydrogen-bond acceptors (Lipinski definition) is 3. The molecule has 0 unspecified atom stereocenters. The summed E-state index contributed by atoms with van der Waals surface area (Å²) in [6.07, 6.45) is 0. The second-order valence-corrected chi connectivity index (χ2v) is 4.45. The third-order valence-corrected chi connectivity index (χ3v) is 3.06. The van der Waals surface area contributed by atoms with E-state index in [4.69, 9.17) is 5.73 Å². The lowest BCUT2D eigenvalue weighted by molar-refractivity contribution is -0.121. The maximum Gasteiger partial charge on any atom is 0.241 e. The highest BCUT2D eigenvalue weighted by molar-refractivity contribution is 5.95. The molecule has 1 aromatic carbocycles. The SMILES string of the molecule is Cc1cccc(N2CCN(CCN)CC2=O)c1. The fourth-order valence-corrected chi connectivity index (χ4v) is 2.16. The van der Waals surface area contributed by atoms with Crippen molar-refractivity contribution in [1.82, 2.24) is 4.90 Å². The van der Waals surface area contributed by atoms with Gasteiger partial charge in [-0.05, 0) is 24.6 Å². The number of nitrogens with two attached hydrogens (primary N) is 1. The molecule has 0 spiro atoms. The second kappa shape index (κ2) is 5.29. The molecule has 1 aliphatic heterocycles. The Kier molecular flexibility index (Phi) is 3.76. The number of carbonyl (C=O) groups is 1. The van der Waals surface area contributed by atoms with Crippen molar-refractivity contribution in [2.24, 2.45) is 5.73 Å². The summed E-state index contributed by atoms with van der Waals surface area (Å²) in [6, 6.07) is 8.07. The molecule has 1 fully saturated rings. The topological polar surface area (TPSA) is 49.6 Å². The van der Waals surface area contributed by atoms with Gasteiger partial charge in [-0.3, -0.25) is 9.69 Å². The first-order valence-corrected chi connectivity index (χ1v) is 6.00. The zero-order valence-electron chi connectivity index (χ0n) is 10.2. The van der Waals surface area contributed by atoms with Gasteiger partial charge in [0.05, 0.1) is 6.54 Å². The number of aryl methyl sites for hydroxylation is 1. The van der Waals surface area contributed by atoms with Crippen molar-refractivity contribution < 1.29 is 4.79 Å². The van der Waals surface area contributed by atoms with E-state index in [-0.39, 0.29) is 5.91 Å². The Morgan fingerprint density at radius 3 is 2.82 bits per heavy atom. The van der Waals surface area contributed by atoms with E-state index in [1.165, 1.54) is 5.56 Å². The Hall–Kier alpha value is -1.39. The van der Waals surface area contributed by atoms with Crippen molar-refractivity contribution in [3.63, 3.8) is 0 Å². The molecule has 4 nitrogen and oxygen atoms in total. The number of benzene rings is 1. The minimum absolute atomic E-state index is 0.162. The molecular weight excluding hydrogens is 214 g/mol. The van der Waals surface area contributed by atoms with Gasteiger partial charge in [-0.25, -0.2) is 0 Å². The molecule has 0 saturated carbocycles. The van der Waals surface area contributed by atoms with Crippen LogP contribution in [0.1, 0.15) is 5.56 Å². The Bertz CT molecular complexity index is 405. The summed E-state index contributed by atoms with van der Waals surface area (Å²) in [5, 5.41) is 0. The van der Waals surface area contributed by atoms with Crippen LogP contribution >= 0.6 is 0 Å². The highest BCUT2D eigenvalue weighted by Gasteiger charge is 2.24. The van der Waals surface area contributed by atoms with Gasteiger partial charge in [-0.2, -0.15) is 0 Å². The molecule has 2 N–H and O–H groups in total. The molecule has 1 amide bonds. The molecule has 0 atom stereocenters. The van der Waals surface area contributed by atoms with Gasteiger partial charge in [0.1, 0.15) is 0 Å². The third kappa shape index (κ3) is 2.84. The quantitative estimate of drug-likeness (QED) is 0.832. The van der Waals surface area contributed by atoms with Crippen LogP contribution in [0.25, 0.3) is 0 Å². The van der Waals surface area contributed by atoms with E-state index in [0.29, 0.717) is 13.1 Å². The summed E-state index contributed by atoms with van der Waals surface area (Å²) in [6.45, 7) is 5.58. The lowest BCUT2D eigenvalue weighted by atomic mass is 10.2. The Morgan fingerprint density at radius 1 is 1.35 bits per heavy atom. The molecule has 0 aliphatic carbocycles. The molecule has 1 heterocycles. The van der Waals surface area contributed by atoms with Gasteiger partial charge in [0, 0.05) is 31.9 Å². The van der Waals surface area contributed by atoms with E-state index in [2.05, 4.69) is 11.0 Å². The van der Waals surface area contributed by atoms with Gasteiger partial charge in [0.2, 0.25) is 5.91 Å². The summed E-state index contributed by atoms with van der Waals surface area (Å²) < 4.78 is 0. The van der Waals surface area contributed by atoms with Crippen LogP contribution in [-0.2, 0) is 4.79 Å². The van der Waals surface area contributed by atoms with E-state index < -0.39 is 0 Å². The second-order valence-electron chi connectivity index (χ2n) is 4.45. The van der Waals surface area contributed by atoms with E-state index in [1.807, 2.05) is 30.0 Å². The van der Waals surface area contributed by atoms with Crippen molar-refractivity contribution >= 4 is 11.6 Å². The maximum atomic E-state index is 12.0. The van der Waals surface area contributed by atoms with Crippen LogP contribution in [0.2, 0.25) is 0 Å². The number of piperazine rings is 1. The van der Waals surface area contributed by atoms with Crippen molar-refractivity contribution in [1.29, 1.82) is 0 Å². The van der Waals surface area contributed by atoms with Crippen LogP contribution in [0, 0.1) is 6.92 Å². The van der Waals surface area contributed by atoms with E-state index in [1.54, 1.807) is 0 Å². The summed E-state index contributed by atoms with van der Waals surface area (Å²) in [7, 11) is 0. The maximum absolute atomic E-state index is 12.0. The van der Waals surface area contributed by atoms with Crippen LogP contribution < -0.4 is 10.6 Å². The van der Waals surface area contributed by atoms with E-state index in [9.17, 15) is 4.79 Å². The van der Waals surface area contributed by atoms with Gasteiger partial charge in [0.25, 0.3) is 0 Å². The molecule has 1 aliphatic rings. The summed E-state index contributed by atoms with van der Waals surface area (Å²) in [5.41, 5.74) is 7.69. The molecule has 0 radical (unpaired) electrons. The van der Waals surface area contributed by atoms with Gasteiger partial charge < -0.3 is 10.6 Å². The zero-order valence-corrected chi connectivity index (χ0v) is 10.2. The number of carbonyl (C=O) groups excluding carboxylic acids is 1. The molecule has 92 valence electrons. The third-order valence-electron chi connectivity index (χ3n) is 3.06. The fourth-order valence-electron chi connectivity index (χ4n) is 2.16. The normalized spacial score (nSPS) is 17.5. The van der Waals surface area contributed by atoms with Crippen molar-refractivity contribution in [3.05, 3.63) is 29.8 Å². The molecule has 2 rings (SSSR count). The first-order valence-electron chi connectivity index (χ1n) is 6.00. The molecule has 1 aromatic rings. The zero-order chi connectivity index (χ0) is 12.3. The average Bonchev–Trinajstić information content (AvgIpc) is 2.29. The Labute approximate surface area is 102 Å². The predicted octanol–water partition coefficient (Wildman–Crippen LogP) is 0.602. The molecule has 4 heteroatoms. The van der Waals surface area contributed by atoms with Crippen molar-refractivity contribution in [3.8, 4) is 0 Å². The molecule has 0 bridgehead atoms. The Morgan fingerprint density at radius 2 is 2.18 bits per heavy atom. The summed E-state index contributed by atoms with van der Waals surface area (Å²) >= 11 is 0. The lowest BCUT2D eigenvalue weighted by Gasteiger charge is -2.34. The Balaban J connectivity index is 2.07. The predicted molar refractivity (Wildman–Crippen MR) is 69.0 cm³/mol. The number of amides is 1. The minimum Gasteiger partial charge on any atom is -0.329 e. The lowest BCUT2D eigenvalue weighted by Crippen LogP contribution is -2.51. The van der Waals surface area contributed by atoms with Crippen molar-refractivity contribution in [2.45, 2.75) is 6.92 Å². The minimum atomic E-state index is 0.162. The smallest absolute Gasteiger partial charge is 0.241 e. The summed E-state index contributed by atoms with van der Waals surface area (Å²) in [5.74, 6) is 0.162. The molecular formula is C13H19N3O. The molecule has 17 heavy (non-hydrogen) atoms. The first kappa shape index (κ1) is 12.1. The van der Waals surface area contributed by atoms with Crippen LogP contribution in [0.15, 0.2) is 24.3 Å². The number of hydrogen-bond donors (Lipinski definition) is 1. The van der Waals surface area contributed by atoms with Gasteiger partial charge in [-0.1, -0.05) is 12.1 Å². The molecule has 1 saturated heterocycles. The molecule has 0 aromatic heterocycles. The number of nitrogens with zero attached hydrogens (tertiary/aromatic N) is 2. The number of anilines is 1. The van der Waals surface area contributed by atoms with Gasteiger partial charge >= 0.3 is 0 Å². The highest BCUT2D eigenvalue weighted by Crippen LogP contribution is 2.18. The van der Waals surface area contributed by atoms with E-state index >= 15 is 0 Å². The van der Waals surface area contributed by atoms with Crippen LogP contribution in [-0.4, -0.2) is 43.5 Å². The van der Waals surface area contributed by atoms with Gasteiger partial charge in [0.15, 0.2) is 0 Å². The first-order chi connectivity index (χ1) is 8.20. The fraction of sp³-hybridized carbons (Fsp3) is 0.462.